The molecule has 0 aromatic heterocycles. The lowest BCUT2D eigenvalue weighted by Crippen LogP contribution is -2.12. The van der Waals surface area contributed by atoms with E-state index in [9.17, 15) is 5.11 Å². The van der Waals surface area contributed by atoms with E-state index in [0.717, 1.165) is 17.9 Å². The van der Waals surface area contributed by atoms with Crippen LogP contribution in [0.4, 0.5) is 0 Å². The van der Waals surface area contributed by atoms with Crippen LogP contribution in [0.2, 0.25) is 5.02 Å². The molecular weight excluding hydrogens is 206 g/mol. The molecule has 1 fully saturated rings. The van der Waals surface area contributed by atoms with Gasteiger partial charge in [-0.3, -0.25) is 0 Å². The van der Waals surface area contributed by atoms with E-state index >= 15 is 0 Å². The number of halogens is 1. The summed E-state index contributed by atoms with van der Waals surface area (Å²) in [5.41, 5.74) is 0.976. The van der Waals surface area contributed by atoms with Crippen molar-refractivity contribution < 1.29 is 5.11 Å². The number of thioether (sulfide) groups is 1. The van der Waals surface area contributed by atoms with Crippen LogP contribution in [0.5, 0.6) is 5.75 Å². The molecule has 1 aromatic rings. The molecule has 13 heavy (non-hydrogen) atoms. The van der Waals surface area contributed by atoms with E-state index in [1.54, 1.807) is 6.07 Å². The summed E-state index contributed by atoms with van der Waals surface area (Å²) < 4.78 is 0. The van der Waals surface area contributed by atoms with Crippen molar-refractivity contribution >= 4 is 23.4 Å². The van der Waals surface area contributed by atoms with Gasteiger partial charge in [0.05, 0.1) is 10.4 Å². The van der Waals surface area contributed by atoms with Gasteiger partial charge in [0.25, 0.3) is 0 Å². The van der Waals surface area contributed by atoms with Crippen LogP contribution < -0.4 is 5.32 Å². The standard InChI is InChI=1S/C9H10ClNOS/c10-8-6(2-1-3-7(8)12)9-11-4-5-13-9/h1-3,9,11-12H,4-5H2. The summed E-state index contributed by atoms with van der Waals surface area (Å²) in [4.78, 5) is 0. The van der Waals surface area contributed by atoms with Gasteiger partial charge in [-0.1, -0.05) is 23.7 Å². The van der Waals surface area contributed by atoms with E-state index in [4.69, 9.17) is 11.6 Å². The lowest BCUT2D eigenvalue weighted by Gasteiger charge is -2.12. The number of hydrogen-bond acceptors (Lipinski definition) is 3. The first-order valence-electron chi connectivity index (χ1n) is 4.11. The Bertz CT molecular complexity index is 312. The minimum atomic E-state index is 0.161. The zero-order chi connectivity index (χ0) is 9.26. The molecule has 1 aliphatic heterocycles. The lowest BCUT2D eigenvalue weighted by atomic mass is 10.2. The number of phenols is 1. The average molecular weight is 216 g/mol. The van der Waals surface area contributed by atoms with Crippen molar-refractivity contribution in [1.29, 1.82) is 0 Å². The van der Waals surface area contributed by atoms with E-state index in [2.05, 4.69) is 5.32 Å². The fourth-order valence-electron chi connectivity index (χ4n) is 1.37. The molecule has 1 aromatic carbocycles. The molecule has 0 aliphatic carbocycles. The second-order valence-electron chi connectivity index (χ2n) is 2.89. The third-order valence-corrected chi connectivity index (χ3v) is 3.61. The van der Waals surface area contributed by atoms with Crippen molar-refractivity contribution in [3.8, 4) is 5.75 Å². The summed E-state index contributed by atoms with van der Waals surface area (Å²) >= 11 is 7.78. The first-order chi connectivity index (χ1) is 6.29. The highest BCUT2D eigenvalue weighted by atomic mass is 35.5. The number of rotatable bonds is 1. The Morgan fingerprint density at radius 1 is 1.54 bits per heavy atom. The maximum atomic E-state index is 9.39. The molecule has 2 nitrogen and oxygen atoms in total. The fourth-order valence-corrected chi connectivity index (χ4v) is 2.75. The fraction of sp³-hybridized carbons (Fsp3) is 0.333. The minimum absolute atomic E-state index is 0.161. The molecule has 0 bridgehead atoms. The van der Waals surface area contributed by atoms with Gasteiger partial charge in [0.1, 0.15) is 5.75 Å². The first kappa shape index (κ1) is 9.19. The molecule has 70 valence electrons. The van der Waals surface area contributed by atoms with Crippen molar-refractivity contribution in [2.45, 2.75) is 5.37 Å². The Kier molecular flexibility index (Phi) is 2.67. The van der Waals surface area contributed by atoms with E-state index < -0.39 is 0 Å². The number of hydrogen-bond donors (Lipinski definition) is 2. The first-order valence-corrected chi connectivity index (χ1v) is 5.54. The van der Waals surface area contributed by atoms with Gasteiger partial charge in [-0.05, 0) is 6.07 Å². The highest BCUT2D eigenvalue weighted by Crippen LogP contribution is 2.37. The van der Waals surface area contributed by atoms with Gasteiger partial charge in [0.15, 0.2) is 0 Å². The van der Waals surface area contributed by atoms with E-state index in [0.29, 0.717) is 5.02 Å². The van der Waals surface area contributed by atoms with Gasteiger partial charge < -0.3 is 10.4 Å². The van der Waals surface area contributed by atoms with Crippen LogP contribution in [0.15, 0.2) is 18.2 Å². The molecule has 0 amide bonds. The molecular formula is C9H10ClNOS. The minimum Gasteiger partial charge on any atom is -0.506 e. The number of phenolic OH excluding ortho intramolecular Hbond substituents is 1. The molecule has 1 atom stereocenters. The molecule has 0 saturated carbocycles. The molecule has 1 aliphatic rings. The molecule has 2 rings (SSSR count). The molecule has 1 heterocycles. The molecule has 0 radical (unpaired) electrons. The molecule has 1 unspecified atom stereocenters. The van der Waals surface area contributed by atoms with Crippen LogP contribution in [0.1, 0.15) is 10.9 Å². The number of nitrogens with one attached hydrogen (secondary N) is 1. The number of aromatic hydroxyl groups is 1. The Morgan fingerprint density at radius 2 is 2.38 bits per heavy atom. The van der Waals surface area contributed by atoms with Gasteiger partial charge in [0.2, 0.25) is 0 Å². The van der Waals surface area contributed by atoms with Crippen LogP contribution in [0.25, 0.3) is 0 Å². The van der Waals surface area contributed by atoms with Crippen LogP contribution in [-0.2, 0) is 0 Å². The van der Waals surface area contributed by atoms with Crippen LogP contribution >= 0.6 is 23.4 Å². The summed E-state index contributed by atoms with van der Waals surface area (Å²) in [6.45, 7) is 1.00. The van der Waals surface area contributed by atoms with Gasteiger partial charge >= 0.3 is 0 Å². The van der Waals surface area contributed by atoms with Crippen LogP contribution in [0.3, 0.4) is 0 Å². The van der Waals surface area contributed by atoms with Crippen molar-refractivity contribution in [2.75, 3.05) is 12.3 Å². The molecule has 1 saturated heterocycles. The second kappa shape index (κ2) is 3.78. The van der Waals surface area contributed by atoms with Crippen molar-refractivity contribution in [3.05, 3.63) is 28.8 Å². The topological polar surface area (TPSA) is 32.3 Å². The van der Waals surface area contributed by atoms with E-state index in [-0.39, 0.29) is 11.1 Å². The Morgan fingerprint density at radius 3 is 3.08 bits per heavy atom. The Labute approximate surface area is 86.3 Å². The predicted octanol–water partition coefficient (Wildman–Crippen LogP) is 2.38. The van der Waals surface area contributed by atoms with E-state index in [1.807, 2.05) is 23.9 Å². The van der Waals surface area contributed by atoms with Crippen LogP contribution in [0, 0.1) is 0 Å². The lowest BCUT2D eigenvalue weighted by molar-refractivity contribution is 0.474. The quantitative estimate of drug-likeness (QED) is 0.755. The Hall–Kier alpha value is -0.380. The van der Waals surface area contributed by atoms with Crippen molar-refractivity contribution in [3.63, 3.8) is 0 Å². The third-order valence-electron chi connectivity index (χ3n) is 2.01. The largest absolute Gasteiger partial charge is 0.506 e. The summed E-state index contributed by atoms with van der Waals surface area (Å²) in [6, 6.07) is 5.36. The third kappa shape index (κ3) is 1.77. The smallest absolute Gasteiger partial charge is 0.134 e. The average Bonchev–Trinajstić information content (AvgIpc) is 2.62. The summed E-state index contributed by atoms with van der Waals surface area (Å²) in [6.07, 6.45) is 0. The normalized spacial score (nSPS) is 22.1. The van der Waals surface area contributed by atoms with Gasteiger partial charge in [-0.2, -0.15) is 0 Å². The van der Waals surface area contributed by atoms with Crippen molar-refractivity contribution in [2.24, 2.45) is 0 Å². The zero-order valence-corrected chi connectivity index (χ0v) is 8.53. The van der Waals surface area contributed by atoms with Gasteiger partial charge in [0, 0.05) is 17.9 Å². The van der Waals surface area contributed by atoms with E-state index in [1.165, 1.54) is 0 Å². The summed E-state index contributed by atoms with van der Waals surface area (Å²) in [7, 11) is 0. The maximum Gasteiger partial charge on any atom is 0.134 e. The highest BCUT2D eigenvalue weighted by molar-refractivity contribution is 7.99. The van der Waals surface area contributed by atoms with Gasteiger partial charge in [-0.25, -0.2) is 0 Å². The summed E-state index contributed by atoms with van der Waals surface area (Å²) in [5.74, 6) is 1.25. The SMILES string of the molecule is Oc1cccc(C2NCCS2)c1Cl. The monoisotopic (exact) mass is 215 g/mol. The predicted molar refractivity (Wildman–Crippen MR) is 56.3 cm³/mol. The Balaban J connectivity index is 2.33. The zero-order valence-electron chi connectivity index (χ0n) is 6.96. The van der Waals surface area contributed by atoms with Gasteiger partial charge in [-0.15, -0.1) is 11.8 Å². The van der Waals surface area contributed by atoms with Crippen molar-refractivity contribution in [1.82, 2.24) is 5.32 Å². The highest BCUT2D eigenvalue weighted by Gasteiger charge is 2.20. The molecule has 2 N–H and O–H groups in total. The maximum absolute atomic E-state index is 9.39. The number of benzene rings is 1. The summed E-state index contributed by atoms with van der Waals surface area (Å²) in [5, 5.41) is 13.4. The molecule has 4 heteroatoms. The van der Waals surface area contributed by atoms with Crippen LogP contribution in [-0.4, -0.2) is 17.4 Å². The second-order valence-corrected chi connectivity index (χ2v) is 4.48. The molecule has 0 spiro atoms.